The first-order valence-electron chi connectivity index (χ1n) is 7.91. The van der Waals surface area contributed by atoms with E-state index in [2.05, 4.69) is 34.2 Å². The molecule has 5 nitrogen and oxygen atoms in total. The summed E-state index contributed by atoms with van der Waals surface area (Å²) in [5, 5.41) is 11.9. The number of rotatable bonds is 6. The van der Waals surface area contributed by atoms with Crippen molar-refractivity contribution >= 4 is 5.91 Å². The maximum absolute atomic E-state index is 11.7. The van der Waals surface area contributed by atoms with E-state index >= 15 is 0 Å². The molecule has 1 fully saturated rings. The van der Waals surface area contributed by atoms with Crippen molar-refractivity contribution in [2.24, 2.45) is 0 Å². The van der Waals surface area contributed by atoms with E-state index < -0.39 is 0 Å². The zero-order chi connectivity index (χ0) is 15.8. The van der Waals surface area contributed by atoms with Crippen LogP contribution in [0.1, 0.15) is 24.5 Å². The summed E-state index contributed by atoms with van der Waals surface area (Å²) in [5.41, 5.74) is 1.89. The van der Waals surface area contributed by atoms with Crippen LogP contribution in [0.2, 0.25) is 0 Å². The minimum Gasteiger partial charge on any atom is -0.355 e. The van der Waals surface area contributed by atoms with Gasteiger partial charge in [-0.15, -0.1) is 0 Å². The number of nitrogens with one attached hydrogen (secondary N) is 1. The first-order valence-corrected chi connectivity index (χ1v) is 7.91. The number of hydrogen-bond donors (Lipinski definition) is 1. The minimum absolute atomic E-state index is 0.122. The van der Waals surface area contributed by atoms with Crippen LogP contribution in [0.15, 0.2) is 24.3 Å². The highest BCUT2D eigenvalue weighted by atomic mass is 16.2. The molecular weight excluding hydrogens is 276 g/mol. The van der Waals surface area contributed by atoms with Crippen LogP contribution in [0.4, 0.5) is 0 Å². The quantitative estimate of drug-likeness (QED) is 0.858. The second kappa shape index (κ2) is 8.52. The Balaban J connectivity index is 1.75. The molecule has 5 heteroatoms. The van der Waals surface area contributed by atoms with Gasteiger partial charge in [0.05, 0.1) is 18.2 Å². The van der Waals surface area contributed by atoms with Crippen molar-refractivity contribution in [3.8, 4) is 6.07 Å². The number of amides is 1. The Morgan fingerprint density at radius 3 is 2.68 bits per heavy atom. The zero-order valence-electron chi connectivity index (χ0n) is 13.2. The largest absolute Gasteiger partial charge is 0.355 e. The number of benzene rings is 1. The van der Waals surface area contributed by atoms with Gasteiger partial charge in [-0.25, -0.2) is 0 Å². The first kappa shape index (κ1) is 16.5. The van der Waals surface area contributed by atoms with Gasteiger partial charge in [-0.2, -0.15) is 5.26 Å². The van der Waals surface area contributed by atoms with Gasteiger partial charge in [0.1, 0.15) is 0 Å². The van der Waals surface area contributed by atoms with Crippen LogP contribution in [-0.4, -0.2) is 55.0 Å². The molecule has 1 aromatic rings. The molecule has 1 saturated heterocycles. The molecule has 0 unspecified atom stereocenters. The number of hydrogen-bond acceptors (Lipinski definition) is 4. The summed E-state index contributed by atoms with van der Waals surface area (Å²) in [5.74, 6) is 0.122. The lowest BCUT2D eigenvalue weighted by Crippen LogP contribution is -2.49. The fourth-order valence-corrected chi connectivity index (χ4v) is 2.63. The summed E-state index contributed by atoms with van der Waals surface area (Å²) in [6, 6.07) is 9.95. The second-order valence-electron chi connectivity index (χ2n) is 5.71. The molecule has 1 aromatic carbocycles. The molecule has 0 atom stereocenters. The summed E-state index contributed by atoms with van der Waals surface area (Å²) in [7, 11) is 0. The van der Waals surface area contributed by atoms with E-state index in [9.17, 15) is 4.79 Å². The predicted octanol–water partition coefficient (Wildman–Crippen LogP) is 1.20. The van der Waals surface area contributed by atoms with Gasteiger partial charge < -0.3 is 5.32 Å². The predicted molar refractivity (Wildman–Crippen MR) is 86.2 cm³/mol. The van der Waals surface area contributed by atoms with Crippen LogP contribution in [0.3, 0.4) is 0 Å². The van der Waals surface area contributed by atoms with Crippen LogP contribution >= 0.6 is 0 Å². The lowest BCUT2D eigenvalue weighted by atomic mass is 10.1. The van der Waals surface area contributed by atoms with E-state index in [1.807, 2.05) is 18.2 Å². The minimum atomic E-state index is 0.122. The maximum atomic E-state index is 11.7. The monoisotopic (exact) mass is 300 g/mol. The van der Waals surface area contributed by atoms with Gasteiger partial charge >= 0.3 is 0 Å². The van der Waals surface area contributed by atoms with Crippen LogP contribution in [0.25, 0.3) is 0 Å². The molecule has 1 N–H and O–H groups in total. The Morgan fingerprint density at radius 2 is 2.00 bits per heavy atom. The fraction of sp³-hybridized carbons (Fsp3) is 0.529. The third-order valence-corrected chi connectivity index (χ3v) is 3.87. The van der Waals surface area contributed by atoms with Crippen LogP contribution in [0, 0.1) is 11.3 Å². The number of nitriles is 1. The average Bonchev–Trinajstić information content (AvgIpc) is 2.55. The van der Waals surface area contributed by atoms with Gasteiger partial charge in [0.25, 0.3) is 0 Å². The second-order valence-corrected chi connectivity index (χ2v) is 5.71. The van der Waals surface area contributed by atoms with Crippen molar-refractivity contribution in [1.82, 2.24) is 15.1 Å². The van der Waals surface area contributed by atoms with Gasteiger partial charge in [-0.05, 0) is 24.1 Å². The summed E-state index contributed by atoms with van der Waals surface area (Å²) < 4.78 is 0. The molecule has 0 spiro atoms. The normalized spacial score (nSPS) is 16.2. The van der Waals surface area contributed by atoms with E-state index in [-0.39, 0.29) is 5.91 Å². The van der Waals surface area contributed by atoms with Gasteiger partial charge in [-0.1, -0.05) is 19.1 Å². The average molecular weight is 300 g/mol. The highest BCUT2D eigenvalue weighted by Crippen LogP contribution is 2.10. The molecule has 1 aliphatic heterocycles. The number of carbonyl (C=O) groups is 1. The molecule has 0 aromatic heterocycles. The highest BCUT2D eigenvalue weighted by Gasteiger charge is 2.18. The standard InChI is InChI=1S/C17H24N4O/c1-2-6-19-17(22)14-21-9-7-20(8-10-21)13-16-5-3-4-15(11-16)12-18/h3-5,11H,2,6-10,13-14H2,1H3,(H,19,22). The lowest BCUT2D eigenvalue weighted by molar-refractivity contribution is -0.122. The molecule has 0 saturated carbocycles. The number of carbonyl (C=O) groups excluding carboxylic acids is 1. The van der Waals surface area contributed by atoms with Crippen molar-refractivity contribution in [3.05, 3.63) is 35.4 Å². The zero-order valence-corrected chi connectivity index (χ0v) is 13.2. The Kier molecular flexibility index (Phi) is 6.38. The highest BCUT2D eigenvalue weighted by molar-refractivity contribution is 5.77. The van der Waals surface area contributed by atoms with E-state index in [0.717, 1.165) is 45.7 Å². The van der Waals surface area contributed by atoms with Crippen LogP contribution < -0.4 is 5.32 Å². The van der Waals surface area contributed by atoms with E-state index in [4.69, 9.17) is 5.26 Å². The molecule has 1 amide bonds. The summed E-state index contributed by atoms with van der Waals surface area (Å²) >= 11 is 0. The Bertz CT molecular complexity index is 530. The number of piperazine rings is 1. The van der Waals surface area contributed by atoms with E-state index in [1.54, 1.807) is 0 Å². The molecule has 1 aliphatic rings. The molecule has 1 heterocycles. The van der Waals surface area contributed by atoms with Crippen molar-refractivity contribution in [2.75, 3.05) is 39.3 Å². The van der Waals surface area contributed by atoms with Gasteiger partial charge in [0.2, 0.25) is 5.91 Å². The van der Waals surface area contributed by atoms with Gasteiger partial charge in [0.15, 0.2) is 0 Å². The van der Waals surface area contributed by atoms with Crippen molar-refractivity contribution < 1.29 is 4.79 Å². The Morgan fingerprint density at radius 1 is 1.27 bits per heavy atom. The molecule has 2 rings (SSSR count). The lowest BCUT2D eigenvalue weighted by Gasteiger charge is -2.34. The Hall–Kier alpha value is -1.90. The van der Waals surface area contributed by atoms with E-state index in [1.165, 1.54) is 5.56 Å². The van der Waals surface area contributed by atoms with Crippen molar-refractivity contribution in [2.45, 2.75) is 19.9 Å². The van der Waals surface area contributed by atoms with Crippen LogP contribution in [0.5, 0.6) is 0 Å². The van der Waals surface area contributed by atoms with Gasteiger partial charge in [0, 0.05) is 39.3 Å². The van der Waals surface area contributed by atoms with Crippen LogP contribution in [-0.2, 0) is 11.3 Å². The molecule has 118 valence electrons. The summed E-state index contributed by atoms with van der Waals surface area (Å²) in [4.78, 5) is 16.3. The Labute approximate surface area is 132 Å². The molecule has 0 bridgehead atoms. The van der Waals surface area contributed by atoms with Crippen molar-refractivity contribution in [3.63, 3.8) is 0 Å². The topological polar surface area (TPSA) is 59.4 Å². The summed E-state index contributed by atoms with van der Waals surface area (Å²) in [6.45, 7) is 7.92. The SMILES string of the molecule is CCCNC(=O)CN1CCN(Cc2cccc(C#N)c2)CC1. The molecular formula is C17H24N4O. The smallest absolute Gasteiger partial charge is 0.234 e. The fourth-order valence-electron chi connectivity index (χ4n) is 2.63. The third-order valence-electron chi connectivity index (χ3n) is 3.87. The molecule has 0 aliphatic carbocycles. The first-order chi connectivity index (χ1) is 10.7. The summed E-state index contributed by atoms with van der Waals surface area (Å²) in [6.07, 6.45) is 0.973. The number of nitrogens with zero attached hydrogens (tertiary/aromatic N) is 3. The molecule has 0 radical (unpaired) electrons. The van der Waals surface area contributed by atoms with Crippen molar-refractivity contribution in [1.29, 1.82) is 5.26 Å². The molecule has 22 heavy (non-hydrogen) atoms. The third kappa shape index (κ3) is 5.14. The van der Waals surface area contributed by atoms with Gasteiger partial charge in [-0.3, -0.25) is 14.6 Å². The maximum Gasteiger partial charge on any atom is 0.234 e. The van der Waals surface area contributed by atoms with E-state index in [0.29, 0.717) is 12.1 Å².